The second-order valence-electron chi connectivity index (χ2n) is 5.36. The van der Waals surface area contributed by atoms with E-state index in [1.807, 2.05) is 32.0 Å². The van der Waals surface area contributed by atoms with Gasteiger partial charge >= 0.3 is 0 Å². The van der Waals surface area contributed by atoms with Crippen LogP contribution in [-0.4, -0.2) is 24.1 Å². The number of carbonyl (C=O) groups is 1. The minimum atomic E-state index is -1.65. The standard InChI is InChI=1S/C17H15NO2.C4H10O/c18-13-7-12-17(20,15-10-5-2-6-11-15)16(19)14-8-3-1-4-9-14;1-3-5-4-2/h1-6,8-11,20H,7,12H2;3-4H2,1-2H3. The first-order chi connectivity index (χ1) is 12.1. The second kappa shape index (κ2) is 11.1. The zero-order valence-corrected chi connectivity index (χ0v) is 14.8. The largest absolute Gasteiger partial charge is 0.382 e. The van der Waals surface area contributed by atoms with Crippen molar-refractivity contribution in [2.45, 2.75) is 32.3 Å². The minimum Gasteiger partial charge on any atom is -0.382 e. The van der Waals surface area contributed by atoms with E-state index in [1.54, 1.807) is 48.5 Å². The van der Waals surface area contributed by atoms with Crippen molar-refractivity contribution in [1.29, 1.82) is 5.26 Å². The Kier molecular flexibility index (Phi) is 9.16. The fourth-order valence-electron chi connectivity index (χ4n) is 2.37. The summed E-state index contributed by atoms with van der Waals surface area (Å²) in [7, 11) is 0. The maximum absolute atomic E-state index is 12.6. The average molecular weight is 339 g/mol. The molecule has 0 aliphatic carbocycles. The summed E-state index contributed by atoms with van der Waals surface area (Å²) in [5.41, 5.74) is -0.695. The van der Waals surface area contributed by atoms with Crippen LogP contribution < -0.4 is 0 Å². The molecule has 4 nitrogen and oxygen atoms in total. The zero-order valence-electron chi connectivity index (χ0n) is 14.8. The molecule has 0 saturated heterocycles. The topological polar surface area (TPSA) is 70.3 Å². The SMILES string of the molecule is CCOCC.N#CCCC(O)(C(=O)c1ccccc1)c1ccccc1. The zero-order chi connectivity index (χ0) is 18.5. The van der Waals surface area contributed by atoms with E-state index < -0.39 is 5.60 Å². The van der Waals surface area contributed by atoms with Crippen LogP contribution in [0.4, 0.5) is 0 Å². The highest BCUT2D eigenvalue weighted by Crippen LogP contribution is 2.30. The van der Waals surface area contributed by atoms with Crippen LogP contribution in [0, 0.1) is 11.3 Å². The van der Waals surface area contributed by atoms with Crippen LogP contribution in [0.5, 0.6) is 0 Å². The van der Waals surface area contributed by atoms with Crippen molar-refractivity contribution < 1.29 is 14.6 Å². The molecule has 0 amide bonds. The van der Waals surface area contributed by atoms with Gasteiger partial charge in [0.25, 0.3) is 0 Å². The fraction of sp³-hybridized carbons (Fsp3) is 0.333. The Hall–Kier alpha value is -2.48. The molecule has 1 atom stereocenters. The van der Waals surface area contributed by atoms with Crippen LogP contribution in [0.1, 0.15) is 42.6 Å². The molecule has 132 valence electrons. The van der Waals surface area contributed by atoms with Crippen LogP contribution >= 0.6 is 0 Å². The third-order valence-electron chi connectivity index (χ3n) is 3.67. The number of Topliss-reactive ketones (excluding diaryl/α,β-unsaturated/α-hetero) is 1. The molecule has 1 N–H and O–H groups in total. The molecule has 2 aromatic carbocycles. The summed E-state index contributed by atoms with van der Waals surface area (Å²) in [5.74, 6) is -0.375. The maximum atomic E-state index is 12.6. The quantitative estimate of drug-likeness (QED) is 0.771. The van der Waals surface area contributed by atoms with E-state index in [0.717, 1.165) is 13.2 Å². The van der Waals surface area contributed by atoms with Gasteiger partial charge in [0.05, 0.1) is 6.07 Å². The van der Waals surface area contributed by atoms with Crippen LogP contribution in [-0.2, 0) is 10.3 Å². The lowest BCUT2D eigenvalue weighted by molar-refractivity contribution is 0.0258. The van der Waals surface area contributed by atoms with Gasteiger partial charge in [-0.3, -0.25) is 4.79 Å². The maximum Gasteiger partial charge on any atom is 0.198 e. The van der Waals surface area contributed by atoms with Gasteiger partial charge in [0.2, 0.25) is 0 Å². The predicted octanol–water partition coefficient (Wildman–Crippen LogP) is 4.10. The van der Waals surface area contributed by atoms with E-state index in [0.29, 0.717) is 11.1 Å². The van der Waals surface area contributed by atoms with Gasteiger partial charge in [0.15, 0.2) is 11.4 Å². The molecule has 25 heavy (non-hydrogen) atoms. The summed E-state index contributed by atoms with van der Waals surface area (Å²) >= 11 is 0. The Bertz CT molecular complexity index is 663. The Morgan fingerprint density at radius 1 is 1.04 bits per heavy atom. The summed E-state index contributed by atoms with van der Waals surface area (Å²) in [6.07, 6.45) is 0.200. The molecule has 0 aliphatic rings. The molecule has 0 aliphatic heterocycles. The van der Waals surface area contributed by atoms with Crippen LogP contribution in [0.15, 0.2) is 60.7 Å². The first kappa shape index (κ1) is 20.6. The lowest BCUT2D eigenvalue weighted by Gasteiger charge is -2.26. The van der Waals surface area contributed by atoms with E-state index in [4.69, 9.17) is 10.00 Å². The van der Waals surface area contributed by atoms with E-state index in [1.165, 1.54) is 0 Å². The van der Waals surface area contributed by atoms with Gasteiger partial charge in [-0.2, -0.15) is 5.26 Å². The van der Waals surface area contributed by atoms with Crippen LogP contribution in [0.2, 0.25) is 0 Å². The molecule has 2 rings (SSSR count). The highest BCUT2D eigenvalue weighted by Gasteiger charge is 2.37. The van der Waals surface area contributed by atoms with Crippen molar-refractivity contribution in [2.75, 3.05) is 13.2 Å². The normalized spacial score (nSPS) is 12.2. The molecule has 0 radical (unpaired) electrons. The van der Waals surface area contributed by atoms with Gasteiger partial charge in [-0.25, -0.2) is 0 Å². The summed E-state index contributed by atoms with van der Waals surface area (Å²) in [6.45, 7) is 5.67. The van der Waals surface area contributed by atoms with Gasteiger partial charge in [0.1, 0.15) is 0 Å². The number of benzene rings is 2. The number of ether oxygens (including phenoxy) is 1. The highest BCUT2D eigenvalue weighted by atomic mass is 16.5. The molecule has 0 spiro atoms. The molecule has 2 aromatic rings. The van der Waals surface area contributed by atoms with E-state index in [-0.39, 0.29) is 18.6 Å². The van der Waals surface area contributed by atoms with Crippen molar-refractivity contribution >= 4 is 5.78 Å². The Morgan fingerprint density at radius 2 is 1.56 bits per heavy atom. The summed E-state index contributed by atoms with van der Waals surface area (Å²) in [4.78, 5) is 12.6. The van der Waals surface area contributed by atoms with Crippen LogP contribution in [0.3, 0.4) is 0 Å². The number of carbonyl (C=O) groups excluding carboxylic acids is 1. The summed E-state index contributed by atoms with van der Waals surface area (Å²) < 4.78 is 4.83. The number of nitrogens with zero attached hydrogens (tertiary/aromatic N) is 1. The molecule has 0 fully saturated rings. The highest BCUT2D eigenvalue weighted by molar-refractivity contribution is 6.02. The molecule has 4 heteroatoms. The molecular formula is C21H25NO3. The first-order valence-electron chi connectivity index (χ1n) is 8.42. The van der Waals surface area contributed by atoms with E-state index in [2.05, 4.69) is 0 Å². The Balaban J connectivity index is 0.000000550. The number of hydrogen-bond acceptors (Lipinski definition) is 4. The van der Waals surface area contributed by atoms with Gasteiger partial charge in [0, 0.05) is 31.6 Å². The summed E-state index contributed by atoms with van der Waals surface area (Å²) in [5, 5.41) is 19.6. The minimum absolute atomic E-state index is 0.0846. The molecule has 0 aromatic heterocycles. The number of hydrogen-bond donors (Lipinski definition) is 1. The fourth-order valence-corrected chi connectivity index (χ4v) is 2.37. The lowest BCUT2D eigenvalue weighted by Crippen LogP contribution is -2.35. The Morgan fingerprint density at radius 3 is 2.00 bits per heavy atom. The third kappa shape index (κ3) is 6.15. The second-order valence-corrected chi connectivity index (χ2v) is 5.36. The smallest absolute Gasteiger partial charge is 0.198 e. The van der Waals surface area contributed by atoms with Crippen molar-refractivity contribution in [2.24, 2.45) is 0 Å². The van der Waals surface area contributed by atoms with Crippen molar-refractivity contribution in [3.05, 3.63) is 71.8 Å². The average Bonchev–Trinajstić information content (AvgIpc) is 2.68. The number of nitriles is 1. The molecular weight excluding hydrogens is 314 g/mol. The van der Waals surface area contributed by atoms with Gasteiger partial charge in [-0.05, 0) is 19.4 Å². The molecule has 0 bridgehead atoms. The van der Waals surface area contributed by atoms with E-state index in [9.17, 15) is 9.90 Å². The first-order valence-corrected chi connectivity index (χ1v) is 8.42. The third-order valence-corrected chi connectivity index (χ3v) is 3.67. The Labute approximate surface area is 149 Å². The number of ketones is 1. The van der Waals surface area contributed by atoms with Crippen molar-refractivity contribution in [3.8, 4) is 6.07 Å². The summed E-state index contributed by atoms with van der Waals surface area (Å²) in [6, 6.07) is 19.4. The monoisotopic (exact) mass is 339 g/mol. The van der Waals surface area contributed by atoms with Gasteiger partial charge < -0.3 is 9.84 Å². The van der Waals surface area contributed by atoms with Crippen molar-refractivity contribution in [1.82, 2.24) is 0 Å². The molecule has 0 heterocycles. The van der Waals surface area contributed by atoms with Crippen molar-refractivity contribution in [3.63, 3.8) is 0 Å². The number of rotatable bonds is 7. The lowest BCUT2D eigenvalue weighted by atomic mass is 9.82. The predicted molar refractivity (Wildman–Crippen MR) is 98.1 cm³/mol. The molecule has 0 saturated carbocycles. The van der Waals surface area contributed by atoms with Crippen LogP contribution in [0.25, 0.3) is 0 Å². The molecule has 1 unspecified atom stereocenters. The number of aliphatic hydroxyl groups is 1. The van der Waals surface area contributed by atoms with E-state index >= 15 is 0 Å². The van der Waals surface area contributed by atoms with Gasteiger partial charge in [-0.15, -0.1) is 0 Å². The van der Waals surface area contributed by atoms with Gasteiger partial charge in [-0.1, -0.05) is 60.7 Å².